The summed E-state index contributed by atoms with van der Waals surface area (Å²) in [4.78, 5) is 14.1. The standard InChI is InChI=1S/C17H20N2O3S/c1-19(2)17(20)15(13-9-5-3-6-10-13)16(23(18,21)22)14-11-7-4-8-12-14/h3-12,15-16H,1-2H3,(H2,18,21,22). The van der Waals surface area contributed by atoms with E-state index in [0.29, 0.717) is 11.1 Å². The number of carbonyl (C=O) groups excluding carboxylic acids is 1. The Labute approximate surface area is 136 Å². The van der Waals surface area contributed by atoms with Gasteiger partial charge >= 0.3 is 0 Å². The van der Waals surface area contributed by atoms with E-state index in [1.165, 1.54) is 4.90 Å². The molecule has 23 heavy (non-hydrogen) atoms. The van der Waals surface area contributed by atoms with Crippen molar-refractivity contribution >= 4 is 15.9 Å². The van der Waals surface area contributed by atoms with Crippen LogP contribution < -0.4 is 5.14 Å². The Morgan fingerprint density at radius 1 is 0.913 bits per heavy atom. The largest absolute Gasteiger partial charge is 0.348 e. The van der Waals surface area contributed by atoms with Crippen molar-refractivity contribution in [2.24, 2.45) is 5.14 Å². The number of sulfonamides is 1. The fourth-order valence-corrected chi connectivity index (χ4v) is 3.79. The second-order valence-corrected chi connectivity index (χ2v) is 7.23. The highest BCUT2D eigenvalue weighted by Gasteiger charge is 2.39. The van der Waals surface area contributed by atoms with E-state index in [1.54, 1.807) is 68.7 Å². The number of hydrogen-bond donors (Lipinski definition) is 1. The molecule has 2 aromatic rings. The van der Waals surface area contributed by atoms with E-state index >= 15 is 0 Å². The van der Waals surface area contributed by atoms with Crippen LogP contribution in [-0.2, 0) is 14.8 Å². The van der Waals surface area contributed by atoms with Gasteiger partial charge in [-0.2, -0.15) is 0 Å². The van der Waals surface area contributed by atoms with Crippen molar-refractivity contribution in [3.05, 3.63) is 71.8 Å². The monoisotopic (exact) mass is 332 g/mol. The van der Waals surface area contributed by atoms with Gasteiger partial charge < -0.3 is 4.90 Å². The van der Waals surface area contributed by atoms with Crippen LogP contribution in [-0.4, -0.2) is 33.3 Å². The molecule has 2 N–H and O–H groups in total. The van der Waals surface area contributed by atoms with Crippen LogP contribution in [0, 0.1) is 0 Å². The minimum absolute atomic E-state index is 0.306. The summed E-state index contributed by atoms with van der Waals surface area (Å²) >= 11 is 0. The van der Waals surface area contributed by atoms with E-state index in [2.05, 4.69) is 0 Å². The lowest BCUT2D eigenvalue weighted by atomic mass is 9.90. The highest BCUT2D eigenvalue weighted by atomic mass is 32.2. The third-order valence-corrected chi connectivity index (χ3v) is 4.90. The maximum absolute atomic E-state index is 12.7. The minimum atomic E-state index is -3.99. The Hall–Kier alpha value is -2.18. The van der Waals surface area contributed by atoms with Crippen LogP contribution >= 0.6 is 0 Å². The van der Waals surface area contributed by atoms with Crippen molar-refractivity contribution < 1.29 is 13.2 Å². The first-order chi connectivity index (χ1) is 10.8. The average molecular weight is 332 g/mol. The van der Waals surface area contributed by atoms with Gasteiger partial charge in [0.25, 0.3) is 0 Å². The quantitative estimate of drug-likeness (QED) is 0.908. The smallest absolute Gasteiger partial charge is 0.231 e. The molecule has 0 fully saturated rings. The maximum Gasteiger partial charge on any atom is 0.231 e. The molecule has 122 valence electrons. The molecule has 0 radical (unpaired) electrons. The van der Waals surface area contributed by atoms with Crippen LogP contribution in [0.15, 0.2) is 60.7 Å². The van der Waals surface area contributed by atoms with Crippen molar-refractivity contribution in [2.45, 2.75) is 11.2 Å². The van der Waals surface area contributed by atoms with E-state index in [4.69, 9.17) is 5.14 Å². The Balaban J connectivity index is 2.65. The average Bonchev–Trinajstić information content (AvgIpc) is 2.52. The normalized spacial score (nSPS) is 14.0. The first kappa shape index (κ1) is 17.2. The van der Waals surface area contributed by atoms with Crippen LogP contribution in [0.4, 0.5) is 0 Å². The molecule has 0 heterocycles. The number of amides is 1. The van der Waals surface area contributed by atoms with Crippen molar-refractivity contribution in [3.8, 4) is 0 Å². The molecule has 0 aliphatic rings. The van der Waals surface area contributed by atoms with Crippen molar-refractivity contribution in [2.75, 3.05) is 14.1 Å². The number of nitrogens with two attached hydrogens (primary N) is 1. The van der Waals surface area contributed by atoms with Crippen LogP contribution in [0.5, 0.6) is 0 Å². The molecule has 0 saturated heterocycles. The predicted molar refractivity (Wildman–Crippen MR) is 90.2 cm³/mol. The zero-order valence-corrected chi connectivity index (χ0v) is 13.9. The van der Waals surface area contributed by atoms with Gasteiger partial charge in [0.2, 0.25) is 15.9 Å². The van der Waals surface area contributed by atoms with E-state index in [0.717, 1.165) is 0 Å². The van der Waals surface area contributed by atoms with Gasteiger partial charge in [-0.05, 0) is 11.1 Å². The lowest BCUT2D eigenvalue weighted by molar-refractivity contribution is -0.130. The van der Waals surface area contributed by atoms with Crippen molar-refractivity contribution in [1.82, 2.24) is 4.90 Å². The summed E-state index contributed by atoms with van der Waals surface area (Å²) in [6.07, 6.45) is 0. The minimum Gasteiger partial charge on any atom is -0.348 e. The molecule has 2 rings (SSSR count). The summed E-state index contributed by atoms with van der Waals surface area (Å²) < 4.78 is 24.6. The van der Waals surface area contributed by atoms with E-state index in [1.807, 2.05) is 6.07 Å². The number of likely N-dealkylation sites (N-methyl/N-ethyl adjacent to an activating group) is 1. The summed E-state index contributed by atoms with van der Waals surface area (Å²) in [5.41, 5.74) is 1.12. The highest BCUT2D eigenvalue weighted by molar-refractivity contribution is 7.89. The number of hydrogen-bond acceptors (Lipinski definition) is 3. The van der Waals surface area contributed by atoms with Gasteiger partial charge in [-0.3, -0.25) is 4.79 Å². The molecule has 0 spiro atoms. The first-order valence-electron chi connectivity index (χ1n) is 7.15. The molecule has 0 aliphatic carbocycles. The Kier molecular flexibility index (Phi) is 5.18. The summed E-state index contributed by atoms with van der Waals surface area (Å²) in [5.74, 6) is -1.21. The number of primary sulfonamides is 1. The third kappa shape index (κ3) is 3.97. The molecule has 0 bridgehead atoms. The second-order valence-electron chi connectivity index (χ2n) is 5.54. The van der Waals surface area contributed by atoms with Gasteiger partial charge in [-0.1, -0.05) is 60.7 Å². The molecule has 2 unspecified atom stereocenters. The van der Waals surface area contributed by atoms with E-state index in [-0.39, 0.29) is 5.91 Å². The lowest BCUT2D eigenvalue weighted by Gasteiger charge is -2.28. The number of rotatable bonds is 5. The van der Waals surface area contributed by atoms with E-state index < -0.39 is 21.2 Å². The van der Waals surface area contributed by atoms with Crippen LogP contribution in [0.1, 0.15) is 22.3 Å². The molecule has 0 aliphatic heterocycles. The number of benzene rings is 2. The van der Waals surface area contributed by atoms with Gasteiger partial charge in [0, 0.05) is 14.1 Å². The van der Waals surface area contributed by atoms with Crippen LogP contribution in [0.3, 0.4) is 0 Å². The van der Waals surface area contributed by atoms with Gasteiger partial charge in [0.1, 0.15) is 5.25 Å². The molecule has 1 amide bonds. The van der Waals surface area contributed by atoms with Crippen molar-refractivity contribution in [1.29, 1.82) is 0 Å². The maximum atomic E-state index is 12.7. The second kappa shape index (κ2) is 6.93. The lowest BCUT2D eigenvalue weighted by Crippen LogP contribution is -2.37. The zero-order valence-electron chi connectivity index (χ0n) is 13.1. The van der Waals surface area contributed by atoms with Gasteiger partial charge in [-0.15, -0.1) is 0 Å². The van der Waals surface area contributed by atoms with Gasteiger partial charge in [0.15, 0.2) is 0 Å². The Bertz CT molecular complexity index is 759. The molecule has 6 heteroatoms. The molecule has 5 nitrogen and oxygen atoms in total. The van der Waals surface area contributed by atoms with E-state index in [9.17, 15) is 13.2 Å². The summed E-state index contributed by atoms with van der Waals surface area (Å²) in [6, 6.07) is 17.4. The molecular formula is C17H20N2O3S. The molecule has 0 saturated carbocycles. The molecule has 2 aromatic carbocycles. The van der Waals surface area contributed by atoms with Crippen LogP contribution in [0.25, 0.3) is 0 Å². The number of nitrogens with zero attached hydrogens (tertiary/aromatic N) is 1. The van der Waals surface area contributed by atoms with Crippen molar-refractivity contribution in [3.63, 3.8) is 0 Å². The van der Waals surface area contributed by atoms with Gasteiger partial charge in [-0.25, -0.2) is 13.6 Å². The fourth-order valence-electron chi connectivity index (χ4n) is 2.60. The van der Waals surface area contributed by atoms with Gasteiger partial charge in [0.05, 0.1) is 5.92 Å². The highest BCUT2D eigenvalue weighted by Crippen LogP contribution is 2.37. The zero-order chi connectivity index (χ0) is 17.0. The molecular weight excluding hydrogens is 312 g/mol. The topological polar surface area (TPSA) is 80.5 Å². The predicted octanol–water partition coefficient (Wildman–Crippen LogP) is 1.89. The molecule has 0 aromatic heterocycles. The summed E-state index contributed by atoms with van der Waals surface area (Å²) in [7, 11) is -0.790. The first-order valence-corrected chi connectivity index (χ1v) is 8.76. The Morgan fingerprint density at radius 3 is 1.74 bits per heavy atom. The summed E-state index contributed by atoms with van der Waals surface area (Å²) in [5, 5.41) is 4.35. The SMILES string of the molecule is CN(C)C(=O)C(c1ccccc1)C(c1ccccc1)S(N)(=O)=O. The van der Waals surface area contributed by atoms with Crippen LogP contribution in [0.2, 0.25) is 0 Å². The molecule has 2 atom stereocenters. The summed E-state index contributed by atoms with van der Waals surface area (Å²) in [6.45, 7) is 0. The number of carbonyl (C=O) groups is 1. The third-order valence-electron chi connectivity index (χ3n) is 3.65. The fraction of sp³-hybridized carbons (Fsp3) is 0.235. The Morgan fingerprint density at radius 2 is 1.35 bits per heavy atom.